The summed E-state index contributed by atoms with van der Waals surface area (Å²) >= 11 is 0. The average Bonchev–Trinajstić information content (AvgIpc) is 2.13. The van der Waals surface area contributed by atoms with Gasteiger partial charge in [-0.2, -0.15) is 0 Å². The number of aliphatic hydroxyl groups is 1. The molecule has 94 valence electrons. The lowest BCUT2D eigenvalue weighted by Crippen LogP contribution is -2.41. The van der Waals surface area contributed by atoms with Crippen LogP contribution in [0.4, 0.5) is 8.78 Å². The van der Waals surface area contributed by atoms with Gasteiger partial charge in [-0.3, -0.25) is 0 Å². The summed E-state index contributed by atoms with van der Waals surface area (Å²) in [5, 5.41) is 10.5. The first-order chi connectivity index (χ1) is 7.89. The lowest BCUT2D eigenvalue weighted by molar-refractivity contribution is -0.136. The van der Waals surface area contributed by atoms with Crippen molar-refractivity contribution in [3.63, 3.8) is 0 Å². The van der Waals surface area contributed by atoms with Gasteiger partial charge < -0.3 is 9.84 Å². The minimum absolute atomic E-state index is 0.130. The van der Waals surface area contributed by atoms with E-state index in [1.54, 1.807) is 0 Å². The van der Waals surface area contributed by atoms with Crippen molar-refractivity contribution in [2.24, 2.45) is 0 Å². The van der Waals surface area contributed by atoms with E-state index in [1.165, 1.54) is 12.1 Å². The Balaban J connectivity index is 2.36. The molecule has 1 aromatic carbocycles. The molecule has 2 unspecified atom stereocenters. The summed E-state index contributed by atoms with van der Waals surface area (Å²) in [6.07, 6.45) is 0.436. The molecule has 1 aliphatic rings. The Kier molecular flexibility index (Phi) is 3.19. The van der Waals surface area contributed by atoms with Gasteiger partial charge >= 0.3 is 0 Å². The van der Waals surface area contributed by atoms with E-state index in [4.69, 9.17) is 4.74 Å². The van der Waals surface area contributed by atoms with E-state index in [2.05, 4.69) is 0 Å². The highest BCUT2D eigenvalue weighted by molar-refractivity contribution is 5.25. The summed E-state index contributed by atoms with van der Waals surface area (Å²) in [7, 11) is 0. The second kappa shape index (κ2) is 4.35. The fraction of sp³-hybridized carbons (Fsp3) is 0.538. The Morgan fingerprint density at radius 3 is 2.06 bits per heavy atom. The maximum atomic E-state index is 13.2. The van der Waals surface area contributed by atoms with Crippen molar-refractivity contribution in [3.8, 4) is 0 Å². The zero-order valence-corrected chi connectivity index (χ0v) is 9.91. The third-order valence-corrected chi connectivity index (χ3v) is 3.11. The van der Waals surface area contributed by atoms with Gasteiger partial charge in [-0.1, -0.05) is 0 Å². The molecule has 17 heavy (non-hydrogen) atoms. The van der Waals surface area contributed by atoms with Crippen LogP contribution >= 0.6 is 0 Å². The Hall–Kier alpha value is -1.00. The van der Waals surface area contributed by atoms with Crippen molar-refractivity contribution in [1.82, 2.24) is 0 Å². The molecule has 1 N–H and O–H groups in total. The topological polar surface area (TPSA) is 29.5 Å². The third-order valence-electron chi connectivity index (χ3n) is 3.11. The van der Waals surface area contributed by atoms with Crippen molar-refractivity contribution < 1.29 is 18.6 Å². The number of rotatable bonds is 1. The van der Waals surface area contributed by atoms with Crippen LogP contribution in [0.5, 0.6) is 0 Å². The molecule has 2 rings (SSSR count). The van der Waals surface area contributed by atoms with Crippen LogP contribution in [0, 0.1) is 11.6 Å². The van der Waals surface area contributed by atoms with Crippen LogP contribution in [-0.4, -0.2) is 17.3 Å². The second-order valence-corrected chi connectivity index (χ2v) is 4.86. The first-order valence-electron chi connectivity index (χ1n) is 5.73. The van der Waals surface area contributed by atoms with Crippen LogP contribution in [0.2, 0.25) is 0 Å². The van der Waals surface area contributed by atoms with Gasteiger partial charge in [0, 0.05) is 18.9 Å². The van der Waals surface area contributed by atoms with Crippen LogP contribution in [-0.2, 0) is 10.3 Å². The number of halogens is 2. The van der Waals surface area contributed by atoms with Gasteiger partial charge in [0.2, 0.25) is 0 Å². The first-order valence-corrected chi connectivity index (χ1v) is 5.73. The fourth-order valence-electron chi connectivity index (χ4n) is 2.59. The van der Waals surface area contributed by atoms with E-state index < -0.39 is 17.2 Å². The summed E-state index contributed by atoms with van der Waals surface area (Å²) in [6.45, 7) is 3.69. The van der Waals surface area contributed by atoms with Gasteiger partial charge in [-0.05, 0) is 31.5 Å². The van der Waals surface area contributed by atoms with E-state index >= 15 is 0 Å². The summed E-state index contributed by atoms with van der Waals surface area (Å²) in [5.41, 5.74) is -0.919. The highest BCUT2D eigenvalue weighted by Crippen LogP contribution is 2.37. The SMILES string of the molecule is CC1CC(O)(c2cc(F)cc(F)c2)CC(C)O1. The molecule has 1 aliphatic heterocycles. The van der Waals surface area contributed by atoms with Crippen molar-refractivity contribution in [2.45, 2.75) is 44.5 Å². The first kappa shape index (κ1) is 12.5. The summed E-state index contributed by atoms with van der Waals surface area (Å²) in [4.78, 5) is 0. The molecule has 0 saturated carbocycles. The van der Waals surface area contributed by atoms with Crippen molar-refractivity contribution in [2.75, 3.05) is 0 Å². The molecule has 1 fully saturated rings. The molecule has 0 amide bonds. The van der Waals surface area contributed by atoms with Crippen molar-refractivity contribution >= 4 is 0 Å². The van der Waals surface area contributed by atoms with E-state index in [1.807, 2.05) is 13.8 Å². The molecule has 4 heteroatoms. The normalized spacial score (nSPS) is 33.7. The Morgan fingerprint density at radius 2 is 1.59 bits per heavy atom. The highest BCUT2D eigenvalue weighted by Gasteiger charge is 2.38. The molecule has 1 aromatic rings. The molecule has 0 bridgehead atoms. The quantitative estimate of drug-likeness (QED) is 0.820. The number of benzene rings is 1. The van der Waals surface area contributed by atoms with Gasteiger partial charge in [-0.15, -0.1) is 0 Å². The number of hydrogen-bond donors (Lipinski definition) is 1. The molecule has 0 aliphatic carbocycles. The van der Waals surface area contributed by atoms with Gasteiger partial charge in [0.25, 0.3) is 0 Å². The molecule has 1 heterocycles. The van der Waals surface area contributed by atoms with Crippen molar-refractivity contribution in [1.29, 1.82) is 0 Å². The summed E-state index contributed by atoms with van der Waals surface area (Å²) in [6, 6.07) is 3.18. The van der Waals surface area contributed by atoms with E-state index in [9.17, 15) is 13.9 Å². The van der Waals surface area contributed by atoms with Crippen LogP contribution in [0.15, 0.2) is 18.2 Å². The van der Waals surface area contributed by atoms with E-state index in [0.29, 0.717) is 12.8 Å². The maximum absolute atomic E-state index is 13.2. The third kappa shape index (κ3) is 2.64. The van der Waals surface area contributed by atoms with Crippen LogP contribution in [0.25, 0.3) is 0 Å². The number of ether oxygens (including phenoxy) is 1. The second-order valence-electron chi connectivity index (χ2n) is 4.86. The van der Waals surface area contributed by atoms with E-state index in [-0.39, 0.29) is 17.8 Å². The van der Waals surface area contributed by atoms with Crippen LogP contribution < -0.4 is 0 Å². The van der Waals surface area contributed by atoms with Crippen LogP contribution in [0.1, 0.15) is 32.3 Å². The number of hydrogen-bond acceptors (Lipinski definition) is 2. The monoisotopic (exact) mass is 242 g/mol. The van der Waals surface area contributed by atoms with Gasteiger partial charge in [0.1, 0.15) is 11.6 Å². The fourth-order valence-corrected chi connectivity index (χ4v) is 2.59. The van der Waals surface area contributed by atoms with E-state index in [0.717, 1.165) is 6.07 Å². The minimum Gasteiger partial charge on any atom is -0.385 e. The zero-order valence-electron chi connectivity index (χ0n) is 9.91. The summed E-state index contributed by atoms with van der Waals surface area (Å²) < 4.78 is 31.8. The summed E-state index contributed by atoms with van der Waals surface area (Å²) in [5.74, 6) is -1.33. The van der Waals surface area contributed by atoms with Gasteiger partial charge in [0.05, 0.1) is 17.8 Å². The largest absolute Gasteiger partial charge is 0.385 e. The predicted molar refractivity (Wildman–Crippen MR) is 59.5 cm³/mol. The van der Waals surface area contributed by atoms with Crippen molar-refractivity contribution in [3.05, 3.63) is 35.4 Å². The smallest absolute Gasteiger partial charge is 0.126 e. The minimum atomic E-state index is -1.21. The molecule has 0 radical (unpaired) electrons. The molecule has 0 aromatic heterocycles. The molecule has 0 spiro atoms. The molecule has 1 saturated heterocycles. The average molecular weight is 242 g/mol. The zero-order chi connectivity index (χ0) is 12.6. The Labute approximate surface area is 99.2 Å². The molecule has 2 nitrogen and oxygen atoms in total. The Morgan fingerprint density at radius 1 is 1.12 bits per heavy atom. The Bertz CT molecular complexity index is 390. The highest BCUT2D eigenvalue weighted by atomic mass is 19.1. The lowest BCUT2D eigenvalue weighted by Gasteiger charge is -2.39. The van der Waals surface area contributed by atoms with Gasteiger partial charge in [0.15, 0.2) is 0 Å². The molecular weight excluding hydrogens is 226 g/mol. The predicted octanol–water partition coefficient (Wildman–Crippen LogP) is 2.74. The lowest BCUT2D eigenvalue weighted by atomic mass is 9.81. The maximum Gasteiger partial charge on any atom is 0.126 e. The standard InChI is InChI=1S/C13H16F2O2/c1-8-6-13(16,7-9(2)17-8)10-3-11(14)5-12(15)4-10/h3-5,8-9,16H,6-7H2,1-2H3. The van der Waals surface area contributed by atoms with Gasteiger partial charge in [-0.25, -0.2) is 8.78 Å². The molecular formula is C13H16F2O2. The molecule has 2 atom stereocenters. The van der Waals surface area contributed by atoms with Crippen LogP contribution in [0.3, 0.4) is 0 Å².